The predicted molar refractivity (Wildman–Crippen MR) is 91.7 cm³/mol. The van der Waals surface area contributed by atoms with E-state index in [1.165, 1.54) is 0 Å². The Balaban J connectivity index is 1.87. The lowest BCUT2D eigenvalue weighted by Gasteiger charge is -2.19. The predicted octanol–water partition coefficient (Wildman–Crippen LogP) is 4.35. The molecule has 5 nitrogen and oxygen atoms in total. The molecule has 0 heterocycles. The van der Waals surface area contributed by atoms with Gasteiger partial charge in [-0.05, 0) is 62.7 Å². The van der Waals surface area contributed by atoms with Gasteiger partial charge in [0.25, 0.3) is 0 Å². The largest absolute Gasteiger partial charge is 0.508 e. The van der Waals surface area contributed by atoms with Gasteiger partial charge in [-0.3, -0.25) is 5.32 Å². The Bertz CT molecular complexity index is 643. The number of phenolic OH excluding ortho intramolecular Hbond substituents is 1. The van der Waals surface area contributed by atoms with E-state index in [0.717, 1.165) is 11.3 Å². The molecule has 2 aromatic carbocycles. The number of hydrogen-bond acceptors (Lipinski definition) is 4. The zero-order chi connectivity index (χ0) is 16.9. The highest BCUT2D eigenvalue weighted by atomic mass is 16.6. The molecule has 1 amide bonds. The third-order valence-electron chi connectivity index (χ3n) is 2.96. The van der Waals surface area contributed by atoms with Gasteiger partial charge in [0.1, 0.15) is 11.4 Å². The number of anilines is 2. The lowest BCUT2D eigenvalue weighted by atomic mass is 10.2. The Hall–Kier alpha value is -2.69. The molecule has 122 valence electrons. The van der Waals surface area contributed by atoms with Crippen molar-refractivity contribution in [2.45, 2.75) is 32.9 Å². The first-order chi connectivity index (χ1) is 10.8. The number of carbonyl (C=O) groups is 1. The van der Waals surface area contributed by atoms with Crippen LogP contribution in [-0.4, -0.2) is 16.8 Å². The number of nitrogens with one attached hydrogen (secondary N) is 2. The molecule has 0 aliphatic rings. The first kappa shape index (κ1) is 16.7. The zero-order valence-electron chi connectivity index (χ0n) is 13.6. The summed E-state index contributed by atoms with van der Waals surface area (Å²) in [7, 11) is 0. The van der Waals surface area contributed by atoms with E-state index in [9.17, 15) is 9.90 Å². The highest BCUT2D eigenvalue weighted by Gasteiger charge is 2.15. The minimum Gasteiger partial charge on any atom is -0.508 e. The van der Waals surface area contributed by atoms with Crippen LogP contribution in [0, 0.1) is 0 Å². The molecule has 0 aliphatic carbocycles. The minimum atomic E-state index is -0.518. The molecule has 0 fully saturated rings. The summed E-state index contributed by atoms with van der Waals surface area (Å²) in [6.07, 6.45) is -0.470. The number of carbonyl (C=O) groups excluding carboxylic acids is 1. The molecular formula is C18H22N2O3. The summed E-state index contributed by atoms with van der Waals surface area (Å²) in [6.45, 7) is 6.12. The molecule has 3 N–H and O–H groups in total. The molecule has 5 heteroatoms. The van der Waals surface area contributed by atoms with E-state index < -0.39 is 11.7 Å². The van der Waals surface area contributed by atoms with Crippen LogP contribution in [0.15, 0.2) is 48.5 Å². The van der Waals surface area contributed by atoms with Gasteiger partial charge < -0.3 is 15.2 Å². The van der Waals surface area contributed by atoms with Crippen LogP contribution < -0.4 is 10.6 Å². The summed E-state index contributed by atoms with van der Waals surface area (Å²) >= 11 is 0. The van der Waals surface area contributed by atoms with Gasteiger partial charge in [-0.1, -0.05) is 12.1 Å². The summed E-state index contributed by atoms with van der Waals surface area (Å²) < 4.78 is 5.20. The van der Waals surface area contributed by atoms with E-state index in [1.807, 2.05) is 57.2 Å². The van der Waals surface area contributed by atoms with Crippen molar-refractivity contribution in [1.82, 2.24) is 0 Å². The Labute approximate surface area is 136 Å². The molecule has 0 atom stereocenters. The van der Waals surface area contributed by atoms with Gasteiger partial charge in [0.15, 0.2) is 0 Å². The van der Waals surface area contributed by atoms with Crippen LogP contribution in [0.4, 0.5) is 16.2 Å². The molecule has 0 saturated heterocycles. The fourth-order valence-corrected chi connectivity index (χ4v) is 1.91. The molecule has 2 aromatic rings. The molecule has 23 heavy (non-hydrogen) atoms. The molecular weight excluding hydrogens is 292 g/mol. The number of benzene rings is 2. The van der Waals surface area contributed by atoms with Crippen molar-refractivity contribution >= 4 is 17.5 Å². The smallest absolute Gasteiger partial charge is 0.412 e. The fourth-order valence-electron chi connectivity index (χ4n) is 1.91. The van der Waals surface area contributed by atoms with Crippen molar-refractivity contribution in [3.63, 3.8) is 0 Å². The third-order valence-corrected chi connectivity index (χ3v) is 2.96. The SMILES string of the molecule is CC(C)(C)OC(=O)Nc1ccc(NCc2ccc(O)cc2)cc1. The molecule has 0 radical (unpaired) electrons. The highest BCUT2D eigenvalue weighted by molar-refractivity contribution is 5.85. The number of ether oxygens (including phenoxy) is 1. The van der Waals surface area contributed by atoms with Crippen LogP contribution in [0.2, 0.25) is 0 Å². The summed E-state index contributed by atoms with van der Waals surface area (Å²) in [5, 5.41) is 15.2. The number of amides is 1. The fraction of sp³-hybridized carbons (Fsp3) is 0.278. The average molecular weight is 314 g/mol. The normalized spacial score (nSPS) is 10.9. The first-order valence-corrected chi connectivity index (χ1v) is 7.44. The van der Waals surface area contributed by atoms with Crippen molar-refractivity contribution in [2.24, 2.45) is 0 Å². The maximum atomic E-state index is 11.7. The Morgan fingerprint density at radius 3 is 2.13 bits per heavy atom. The number of hydrogen-bond donors (Lipinski definition) is 3. The highest BCUT2D eigenvalue weighted by Crippen LogP contribution is 2.17. The molecule has 0 bridgehead atoms. The van der Waals surface area contributed by atoms with Gasteiger partial charge >= 0.3 is 6.09 Å². The van der Waals surface area contributed by atoms with Crippen LogP contribution in [0.3, 0.4) is 0 Å². The molecule has 2 rings (SSSR count). The Morgan fingerprint density at radius 2 is 1.57 bits per heavy atom. The van der Waals surface area contributed by atoms with Crippen LogP contribution in [-0.2, 0) is 11.3 Å². The lowest BCUT2D eigenvalue weighted by Crippen LogP contribution is -2.27. The maximum Gasteiger partial charge on any atom is 0.412 e. The van der Waals surface area contributed by atoms with Crippen LogP contribution in [0.1, 0.15) is 26.3 Å². The van der Waals surface area contributed by atoms with E-state index in [1.54, 1.807) is 12.1 Å². The van der Waals surface area contributed by atoms with E-state index in [0.29, 0.717) is 12.2 Å². The van der Waals surface area contributed by atoms with Gasteiger partial charge in [-0.2, -0.15) is 0 Å². The monoisotopic (exact) mass is 314 g/mol. The summed E-state index contributed by atoms with van der Waals surface area (Å²) in [6, 6.07) is 14.4. The van der Waals surface area contributed by atoms with Crippen molar-refractivity contribution in [3.05, 3.63) is 54.1 Å². The molecule has 0 aromatic heterocycles. The Morgan fingerprint density at radius 1 is 1.00 bits per heavy atom. The summed E-state index contributed by atoms with van der Waals surface area (Å²) in [5.41, 5.74) is 2.16. The molecule has 0 spiro atoms. The van der Waals surface area contributed by atoms with Crippen LogP contribution in [0.5, 0.6) is 5.75 Å². The van der Waals surface area contributed by atoms with Crippen molar-refractivity contribution in [1.29, 1.82) is 0 Å². The van der Waals surface area contributed by atoms with E-state index >= 15 is 0 Å². The van der Waals surface area contributed by atoms with Gasteiger partial charge in [0, 0.05) is 17.9 Å². The van der Waals surface area contributed by atoms with Crippen LogP contribution >= 0.6 is 0 Å². The number of phenols is 1. The number of aromatic hydroxyl groups is 1. The second-order valence-electron chi connectivity index (χ2n) is 6.22. The quantitative estimate of drug-likeness (QED) is 0.784. The minimum absolute atomic E-state index is 0.256. The van der Waals surface area contributed by atoms with Crippen LogP contribution in [0.25, 0.3) is 0 Å². The van der Waals surface area contributed by atoms with E-state index in [-0.39, 0.29) is 5.75 Å². The van der Waals surface area contributed by atoms with E-state index in [2.05, 4.69) is 10.6 Å². The second kappa shape index (κ2) is 7.05. The van der Waals surface area contributed by atoms with Crippen molar-refractivity contribution < 1.29 is 14.6 Å². The van der Waals surface area contributed by atoms with Gasteiger partial charge in [-0.25, -0.2) is 4.79 Å². The molecule has 0 aliphatic heterocycles. The Kier molecular flexibility index (Phi) is 5.11. The zero-order valence-corrected chi connectivity index (χ0v) is 13.6. The van der Waals surface area contributed by atoms with Gasteiger partial charge in [-0.15, -0.1) is 0 Å². The van der Waals surface area contributed by atoms with E-state index in [4.69, 9.17) is 4.74 Å². The standard InChI is InChI=1S/C18H22N2O3/c1-18(2,3)23-17(22)20-15-8-6-14(7-9-15)19-12-13-4-10-16(21)11-5-13/h4-11,19,21H,12H2,1-3H3,(H,20,22). The molecule has 0 unspecified atom stereocenters. The lowest BCUT2D eigenvalue weighted by molar-refractivity contribution is 0.0636. The van der Waals surface area contributed by atoms with Crippen molar-refractivity contribution in [2.75, 3.05) is 10.6 Å². The molecule has 0 saturated carbocycles. The topological polar surface area (TPSA) is 70.6 Å². The summed E-state index contributed by atoms with van der Waals surface area (Å²) in [4.78, 5) is 11.7. The van der Waals surface area contributed by atoms with Gasteiger partial charge in [0.05, 0.1) is 0 Å². The second-order valence-corrected chi connectivity index (χ2v) is 6.22. The van der Waals surface area contributed by atoms with Gasteiger partial charge in [0.2, 0.25) is 0 Å². The van der Waals surface area contributed by atoms with Crippen molar-refractivity contribution in [3.8, 4) is 5.75 Å². The maximum absolute atomic E-state index is 11.7. The summed E-state index contributed by atoms with van der Waals surface area (Å²) in [5.74, 6) is 0.256. The number of rotatable bonds is 4. The average Bonchev–Trinajstić information content (AvgIpc) is 2.46. The third kappa shape index (κ3) is 5.90. The first-order valence-electron chi connectivity index (χ1n) is 7.44.